The van der Waals surface area contributed by atoms with E-state index in [0.717, 1.165) is 16.5 Å². The standard InChI is InChI=1S/C24H25N5O3S/c1-15(17-9-8-16-6-4-5-7-18(16)12-17)26-22(30)14-33-24-28-27-23(29(24)25)19-10-11-20(31-2)21(13-19)32-3/h4-13,15H,14,25H2,1-3H3,(H,26,30). The number of fused-ring (bicyclic) bond motifs is 1. The molecule has 8 nitrogen and oxygen atoms in total. The molecular weight excluding hydrogens is 438 g/mol. The summed E-state index contributed by atoms with van der Waals surface area (Å²) in [6.45, 7) is 1.97. The van der Waals surface area contributed by atoms with Crippen LogP contribution in [0.2, 0.25) is 0 Å². The predicted octanol–water partition coefficient (Wildman–Crippen LogP) is 3.80. The summed E-state index contributed by atoms with van der Waals surface area (Å²) in [6, 6.07) is 19.6. The Morgan fingerprint density at radius 3 is 2.55 bits per heavy atom. The molecule has 1 heterocycles. The van der Waals surface area contributed by atoms with E-state index in [1.807, 2.05) is 31.2 Å². The third-order valence-electron chi connectivity index (χ3n) is 5.29. The van der Waals surface area contributed by atoms with Gasteiger partial charge in [0.2, 0.25) is 11.1 Å². The zero-order chi connectivity index (χ0) is 23.4. The maximum Gasteiger partial charge on any atom is 0.230 e. The molecule has 3 N–H and O–H groups in total. The van der Waals surface area contributed by atoms with Crippen LogP contribution in [0.1, 0.15) is 18.5 Å². The summed E-state index contributed by atoms with van der Waals surface area (Å²) in [5.74, 6) is 7.88. The first-order chi connectivity index (χ1) is 16.0. The number of hydrogen-bond acceptors (Lipinski definition) is 7. The number of benzene rings is 3. The SMILES string of the molecule is COc1ccc(-c2nnc(SCC(=O)NC(C)c3ccc4ccccc4c3)n2N)cc1OC. The second-order valence-corrected chi connectivity index (χ2v) is 8.37. The first-order valence-corrected chi connectivity index (χ1v) is 11.3. The van der Waals surface area contributed by atoms with E-state index in [-0.39, 0.29) is 17.7 Å². The number of carbonyl (C=O) groups excluding carboxylic acids is 1. The Labute approximate surface area is 196 Å². The highest BCUT2D eigenvalue weighted by molar-refractivity contribution is 7.99. The number of rotatable bonds is 8. The Morgan fingerprint density at radius 2 is 1.79 bits per heavy atom. The number of hydrogen-bond donors (Lipinski definition) is 2. The van der Waals surface area contributed by atoms with E-state index >= 15 is 0 Å². The van der Waals surface area contributed by atoms with Gasteiger partial charge in [-0.25, -0.2) is 4.68 Å². The molecule has 0 fully saturated rings. The Kier molecular flexibility index (Phi) is 6.69. The number of nitrogens with zero attached hydrogens (tertiary/aromatic N) is 3. The minimum absolute atomic E-state index is 0.115. The van der Waals surface area contributed by atoms with Gasteiger partial charge < -0.3 is 20.6 Å². The van der Waals surface area contributed by atoms with Gasteiger partial charge in [0.15, 0.2) is 17.3 Å². The van der Waals surface area contributed by atoms with Gasteiger partial charge in [-0.2, -0.15) is 0 Å². The van der Waals surface area contributed by atoms with Crippen LogP contribution in [0, 0.1) is 0 Å². The molecule has 1 atom stereocenters. The zero-order valence-electron chi connectivity index (χ0n) is 18.6. The number of nitrogen functional groups attached to an aromatic ring is 1. The summed E-state index contributed by atoms with van der Waals surface area (Å²) >= 11 is 1.22. The minimum atomic E-state index is -0.124. The average Bonchev–Trinajstić information content (AvgIpc) is 3.21. The topological polar surface area (TPSA) is 104 Å². The van der Waals surface area contributed by atoms with Crippen molar-refractivity contribution in [2.45, 2.75) is 18.1 Å². The number of methoxy groups -OCH3 is 2. The highest BCUT2D eigenvalue weighted by Gasteiger charge is 2.17. The summed E-state index contributed by atoms with van der Waals surface area (Å²) in [5, 5.41) is 14.1. The van der Waals surface area contributed by atoms with E-state index in [1.165, 1.54) is 21.8 Å². The van der Waals surface area contributed by atoms with Crippen LogP contribution in [0.4, 0.5) is 0 Å². The van der Waals surface area contributed by atoms with Crippen molar-refractivity contribution in [2.24, 2.45) is 0 Å². The molecule has 0 saturated carbocycles. The number of thioether (sulfide) groups is 1. The van der Waals surface area contributed by atoms with Gasteiger partial charge in [-0.1, -0.05) is 48.2 Å². The van der Waals surface area contributed by atoms with E-state index < -0.39 is 0 Å². The van der Waals surface area contributed by atoms with E-state index in [2.05, 4.69) is 39.8 Å². The highest BCUT2D eigenvalue weighted by atomic mass is 32.2. The first kappa shape index (κ1) is 22.5. The molecule has 0 aliphatic heterocycles. The van der Waals surface area contributed by atoms with Crippen molar-refractivity contribution in [3.8, 4) is 22.9 Å². The Hall–Kier alpha value is -3.72. The number of ether oxygens (including phenoxy) is 2. The molecule has 0 aliphatic rings. The van der Waals surface area contributed by atoms with Crippen molar-refractivity contribution in [2.75, 3.05) is 25.8 Å². The third kappa shape index (κ3) is 4.88. The molecule has 3 aromatic carbocycles. The normalized spacial score (nSPS) is 11.8. The van der Waals surface area contributed by atoms with E-state index in [9.17, 15) is 4.79 Å². The lowest BCUT2D eigenvalue weighted by atomic mass is 10.0. The van der Waals surface area contributed by atoms with E-state index in [0.29, 0.717) is 22.5 Å². The Bertz CT molecular complexity index is 1290. The van der Waals surface area contributed by atoms with Gasteiger partial charge in [0.05, 0.1) is 26.0 Å². The van der Waals surface area contributed by atoms with Gasteiger partial charge in [0.1, 0.15) is 0 Å². The van der Waals surface area contributed by atoms with Crippen LogP contribution in [0.15, 0.2) is 65.8 Å². The lowest BCUT2D eigenvalue weighted by Gasteiger charge is -2.15. The molecule has 0 saturated heterocycles. The maximum atomic E-state index is 12.5. The smallest absolute Gasteiger partial charge is 0.230 e. The number of nitrogens with one attached hydrogen (secondary N) is 1. The zero-order valence-corrected chi connectivity index (χ0v) is 19.4. The minimum Gasteiger partial charge on any atom is -0.493 e. The number of nitrogens with two attached hydrogens (primary N) is 1. The molecule has 1 amide bonds. The van der Waals surface area contributed by atoms with Gasteiger partial charge in [-0.15, -0.1) is 10.2 Å². The second kappa shape index (κ2) is 9.83. The quantitative estimate of drug-likeness (QED) is 0.303. The maximum absolute atomic E-state index is 12.5. The van der Waals surface area contributed by atoms with Gasteiger partial charge in [0, 0.05) is 5.56 Å². The molecular formula is C24H25N5O3S. The van der Waals surface area contributed by atoms with Crippen molar-refractivity contribution in [1.82, 2.24) is 20.2 Å². The van der Waals surface area contributed by atoms with Crippen LogP contribution in [0.25, 0.3) is 22.2 Å². The van der Waals surface area contributed by atoms with Gasteiger partial charge in [-0.05, 0) is 47.5 Å². The molecule has 0 spiro atoms. The number of amides is 1. The van der Waals surface area contributed by atoms with Crippen LogP contribution in [-0.4, -0.2) is 40.8 Å². The van der Waals surface area contributed by atoms with Crippen LogP contribution in [-0.2, 0) is 4.79 Å². The molecule has 0 radical (unpaired) electrons. The predicted molar refractivity (Wildman–Crippen MR) is 130 cm³/mol. The fourth-order valence-corrected chi connectivity index (χ4v) is 4.19. The molecule has 0 bridgehead atoms. The largest absolute Gasteiger partial charge is 0.493 e. The third-order valence-corrected chi connectivity index (χ3v) is 6.23. The average molecular weight is 464 g/mol. The van der Waals surface area contributed by atoms with Gasteiger partial charge in [-0.3, -0.25) is 4.79 Å². The Morgan fingerprint density at radius 1 is 1.03 bits per heavy atom. The van der Waals surface area contributed by atoms with Crippen LogP contribution < -0.4 is 20.6 Å². The van der Waals surface area contributed by atoms with Crippen LogP contribution in [0.5, 0.6) is 11.5 Å². The van der Waals surface area contributed by atoms with Crippen molar-refractivity contribution in [3.05, 3.63) is 66.2 Å². The fraction of sp³-hybridized carbons (Fsp3) is 0.208. The highest BCUT2D eigenvalue weighted by Crippen LogP contribution is 2.32. The molecule has 0 aliphatic carbocycles. The molecule has 170 valence electrons. The summed E-state index contributed by atoms with van der Waals surface area (Å²) < 4.78 is 12.0. The van der Waals surface area contributed by atoms with Gasteiger partial charge >= 0.3 is 0 Å². The lowest BCUT2D eigenvalue weighted by molar-refractivity contribution is -0.119. The summed E-state index contributed by atoms with van der Waals surface area (Å²) in [6.07, 6.45) is 0. The summed E-state index contributed by atoms with van der Waals surface area (Å²) in [4.78, 5) is 12.5. The Balaban J connectivity index is 1.40. The monoisotopic (exact) mass is 463 g/mol. The summed E-state index contributed by atoms with van der Waals surface area (Å²) in [5.41, 5.74) is 1.77. The second-order valence-electron chi connectivity index (χ2n) is 7.43. The van der Waals surface area contributed by atoms with Gasteiger partial charge in [0.25, 0.3) is 0 Å². The van der Waals surface area contributed by atoms with Crippen molar-refractivity contribution in [1.29, 1.82) is 0 Å². The summed E-state index contributed by atoms with van der Waals surface area (Å²) in [7, 11) is 3.14. The molecule has 4 rings (SSSR count). The van der Waals surface area contributed by atoms with E-state index in [1.54, 1.807) is 26.4 Å². The van der Waals surface area contributed by atoms with Crippen LogP contribution >= 0.6 is 11.8 Å². The molecule has 1 aromatic heterocycles. The van der Waals surface area contributed by atoms with Crippen molar-refractivity contribution >= 4 is 28.4 Å². The van der Waals surface area contributed by atoms with Crippen LogP contribution in [0.3, 0.4) is 0 Å². The number of carbonyl (C=O) groups is 1. The van der Waals surface area contributed by atoms with E-state index in [4.69, 9.17) is 15.3 Å². The first-order valence-electron chi connectivity index (χ1n) is 10.3. The van der Waals surface area contributed by atoms with Crippen molar-refractivity contribution in [3.63, 3.8) is 0 Å². The molecule has 1 unspecified atom stereocenters. The molecule has 9 heteroatoms. The fourth-order valence-electron chi connectivity index (χ4n) is 3.52. The van der Waals surface area contributed by atoms with Crippen molar-refractivity contribution < 1.29 is 14.3 Å². The number of aromatic nitrogens is 3. The molecule has 33 heavy (non-hydrogen) atoms. The molecule has 4 aromatic rings. The lowest BCUT2D eigenvalue weighted by Crippen LogP contribution is -2.28.